The Bertz CT molecular complexity index is 869. The Morgan fingerprint density at radius 1 is 1.00 bits per heavy atom. The largest absolute Gasteiger partial charge is 0.348 e. The fourth-order valence-corrected chi connectivity index (χ4v) is 2.27. The van der Waals surface area contributed by atoms with Crippen LogP contribution < -0.4 is 5.32 Å². The zero-order valence-electron chi connectivity index (χ0n) is 12.5. The van der Waals surface area contributed by atoms with Crippen LogP contribution in [0, 0.1) is 11.6 Å². The van der Waals surface area contributed by atoms with Gasteiger partial charge in [-0.1, -0.05) is 6.07 Å². The minimum Gasteiger partial charge on any atom is -0.348 e. The summed E-state index contributed by atoms with van der Waals surface area (Å²) in [6, 6.07) is 10.3. The van der Waals surface area contributed by atoms with E-state index in [0.29, 0.717) is 0 Å². The Morgan fingerprint density at radius 3 is 2.54 bits per heavy atom. The van der Waals surface area contributed by atoms with Gasteiger partial charge in [0.25, 0.3) is 5.91 Å². The van der Waals surface area contributed by atoms with E-state index in [2.05, 4.69) is 15.3 Å². The molecule has 4 nitrogen and oxygen atoms in total. The number of benzene rings is 1. The van der Waals surface area contributed by atoms with E-state index < -0.39 is 17.5 Å². The van der Waals surface area contributed by atoms with E-state index in [1.165, 1.54) is 6.07 Å². The van der Waals surface area contributed by atoms with Crippen LogP contribution in [0.3, 0.4) is 0 Å². The van der Waals surface area contributed by atoms with Crippen LogP contribution in [0.1, 0.15) is 15.9 Å². The number of aromatic nitrogens is 2. The van der Waals surface area contributed by atoms with Crippen molar-refractivity contribution in [2.24, 2.45) is 0 Å². The topological polar surface area (TPSA) is 54.9 Å². The summed E-state index contributed by atoms with van der Waals surface area (Å²) in [4.78, 5) is 20.4. The molecule has 120 valence electrons. The average molecular weight is 325 g/mol. The summed E-state index contributed by atoms with van der Waals surface area (Å²) in [5.41, 5.74) is 2.47. The summed E-state index contributed by atoms with van der Waals surface area (Å²) < 4.78 is 26.2. The van der Waals surface area contributed by atoms with Gasteiger partial charge in [0.1, 0.15) is 0 Å². The second-order valence-electron chi connectivity index (χ2n) is 5.06. The quantitative estimate of drug-likeness (QED) is 0.800. The number of halogens is 2. The van der Waals surface area contributed by atoms with Crippen molar-refractivity contribution in [1.82, 2.24) is 15.3 Å². The lowest BCUT2D eigenvalue weighted by Crippen LogP contribution is -2.23. The standard InChI is InChI=1S/C18H13F2N3O/c19-15-4-3-13(10-16(15)20)18(24)23-11-14-2-1-7-22-17(14)12-5-8-21-9-6-12/h1-10H,11H2,(H,23,24). The third-order valence-corrected chi connectivity index (χ3v) is 3.47. The van der Waals surface area contributed by atoms with Crippen LogP contribution in [0.15, 0.2) is 61.1 Å². The average Bonchev–Trinajstić information content (AvgIpc) is 2.63. The Kier molecular flexibility index (Phi) is 4.56. The first-order valence-corrected chi connectivity index (χ1v) is 7.22. The molecule has 0 fully saturated rings. The lowest BCUT2D eigenvalue weighted by molar-refractivity contribution is 0.0950. The van der Waals surface area contributed by atoms with Gasteiger partial charge in [-0.25, -0.2) is 8.78 Å². The zero-order valence-corrected chi connectivity index (χ0v) is 12.5. The first kappa shape index (κ1) is 15.7. The molecule has 3 rings (SSSR count). The summed E-state index contributed by atoms with van der Waals surface area (Å²) in [7, 11) is 0. The van der Waals surface area contributed by atoms with Gasteiger partial charge in [-0.3, -0.25) is 14.8 Å². The molecule has 1 aromatic carbocycles. The summed E-state index contributed by atoms with van der Waals surface area (Å²) in [5, 5.41) is 2.69. The lowest BCUT2D eigenvalue weighted by atomic mass is 10.1. The third kappa shape index (κ3) is 3.43. The normalized spacial score (nSPS) is 10.4. The maximum atomic E-state index is 13.2. The van der Waals surface area contributed by atoms with E-state index in [1.54, 1.807) is 24.7 Å². The van der Waals surface area contributed by atoms with E-state index in [1.807, 2.05) is 18.2 Å². The summed E-state index contributed by atoms with van der Waals surface area (Å²) in [6.07, 6.45) is 4.98. The third-order valence-electron chi connectivity index (χ3n) is 3.47. The molecule has 0 radical (unpaired) electrons. The first-order chi connectivity index (χ1) is 11.6. The van der Waals surface area contributed by atoms with Crippen molar-refractivity contribution in [2.45, 2.75) is 6.54 Å². The minimum atomic E-state index is -1.05. The molecule has 0 saturated carbocycles. The SMILES string of the molecule is O=C(NCc1cccnc1-c1ccncc1)c1ccc(F)c(F)c1. The van der Waals surface area contributed by atoms with E-state index in [9.17, 15) is 13.6 Å². The minimum absolute atomic E-state index is 0.0586. The van der Waals surface area contributed by atoms with E-state index in [4.69, 9.17) is 0 Å². The number of hydrogen-bond acceptors (Lipinski definition) is 3. The number of amides is 1. The summed E-state index contributed by atoms with van der Waals surface area (Å²) >= 11 is 0. The molecule has 6 heteroatoms. The summed E-state index contributed by atoms with van der Waals surface area (Å²) in [5.74, 6) is -2.53. The van der Waals surface area contributed by atoms with Crippen LogP contribution in [0.5, 0.6) is 0 Å². The van der Waals surface area contributed by atoms with E-state index in [0.717, 1.165) is 29.0 Å². The highest BCUT2D eigenvalue weighted by atomic mass is 19.2. The van der Waals surface area contributed by atoms with Gasteiger partial charge in [0, 0.05) is 36.3 Å². The molecule has 0 aliphatic rings. The number of pyridine rings is 2. The highest BCUT2D eigenvalue weighted by Crippen LogP contribution is 2.20. The Labute approximate surface area is 137 Å². The molecule has 24 heavy (non-hydrogen) atoms. The zero-order chi connectivity index (χ0) is 16.9. The molecule has 0 saturated heterocycles. The molecule has 0 spiro atoms. The molecular formula is C18H13F2N3O. The van der Waals surface area contributed by atoms with Crippen molar-refractivity contribution in [2.75, 3.05) is 0 Å². The van der Waals surface area contributed by atoms with Crippen molar-refractivity contribution >= 4 is 5.91 Å². The highest BCUT2D eigenvalue weighted by molar-refractivity contribution is 5.94. The number of rotatable bonds is 4. The number of carbonyl (C=O) groups excluding carboxylic acids is 1. The van der Waals surface area contributed by atoms with E-state index in [-0.39, 0.29) is 12.1 Å². The second-order valence-corrected chi connectivity index (χ2v) is 5.06. The Balaban J connectivity index is 1.77. The van der Waals surface area contributed by atoms with Gasteiger partial charge in [-0.15, -0.1) is 0 Å². The predicted molar refractivity (Wildman–Crippen MR) is 85.0 cm³/mol. The van der Waals surface area contributed by atoms with Gasteiger partial charge in [0.05, 0.1) is 5.69 Å². The summed E-state index contributed by atoms with van der Waals surface area (Å²) in [6.45, 7) is 0.212. The van der Waals surface area contributed by atoms with Crippen molar-refractivity contribution in [3.05, 3.63) is 83.8 Å². The maximum absolute atomic E-state index is 13.2. The number of nitrogens with one attached hydrogen (secondary N) is 1. The first-order valence-electron chi connectivity index (χ1n) is 7.22. The van der Waals surface area contributed by atoms with Gasteiger partial charge in [0.2, 0.25) is 0 Å². The van der Waals surface area contributed by atoms with Crippen molar-refractivity contribution in [3.63, 3.8) is 0 Å². The molecule has 0 atom stereocenters. The monoisotopic (exact) mass is 325 g/mol. The van der Waals surface area contributed by atoms with Gasteiger partial charge in [-0.2, -0.15) is 0 Å². The molecule has 3 aromatic rings. The fourth-order valence-electron chi connectivity index (χ4n) is 2.27. The smallest absolute Gasteiger partial charge is 0.251 e. The van der Waals surface area contributed by atoms with Crippen molar-refractivity contribution < 1.29 is 13.6 Å². The fraction of sp³-hybridized carbons (Fsp3) is 0.0556. The van der Waals surface area contributed by atoms with Crippen LogP contribution in [-0.2, 0) is 6.54 Å². The molecule has 0 unspecified atom stereocenters. The van der Waals surface area contributed by atoms with Gasteiger partial charge >= 0.3 is 0 Å². The van der Waals surface area contributed by atoms with Crippen LogP contribution in [-0.4, -0.2) is 15.9 Å². The predicted octanol–water partition coefficient (Wildman–Crippen LogP) is 3.35. The highest BCUT2D eigenvalue weighted by Gasteiger charge is 2.11. The Morgan fingerprint density at radius 2 is 1.79 bits per heavy atom. The molecule has 2 aromatic heterocycles. The molecule has 1 N–H and O–H groups in total. The van der Waals surface area contributed by atoms with Crippen LogP contribution >= 0.6 is 0 Å². The van der Waals surface area contributed by atoms with Gasteiger partial charge < -0.3 is 5.32 Å². The molecule has 0 aliphatic heterocycles. The maximum Gasteiger partial charge on any atom is 0.251 e. The van der Waals surface area contributed by atoms with E-state index >= 15 is 0 Å². The van der Waals surface area contributed by atoms with Gasteiger partial charge in [0.15, 0.2) is 11.6 Å². The number of hydrogen-bond donors (Lipinski definition) is 1. The molecular weight excluding hydrogens is 312 g/mol. The van der Waals surface area contributed by atoms with Crippen LogP contribution in [0.2, 0.25) is 0 Å². The lowest BCUT2D eigenvalue weighted by Gasteiger charge is -2.10. The second kappa shape index (κ2) is 6.95. The van der Waals surface area contributed by atoms with Crippen LogP contribution in [0.25, 0.3) is 11.3 Å². The molecule has 0 bridgehead atoms. The number of carbonyl (C=O) groups is 1. The van der Waals surface area contributed by atoms with Crippen molar-refractivity contribution in [1.29, 1.82) is 0 Å². The number of nitrogens with zero attached hydrogens (tertiary/aromatic N) is 2. The van der Waals surface area contributed by atoms with Crippen LogP contribution in [0.4, 0.5) is 8.78 Å². The van der Waals surface area contributed by atoms with Gasteiger partial charge in [-0.05, 0) is 42.0 Å². The van der Waals surface area contributed by atoms with Crippen molar-refractivity contribution in [3.8, 4) is 11.3 Å². The molecule has 0 aliphatic carbocycles. The molecule has 1 amide bonds. The Hall–Kier alpha value is -3.15. The molecule has 2 heterocycles.